The molecular formula is C6H8CuO. The number of allylic oxidation sites excluding steroid dienone is 2. The van der Waals surface area contributed by atoms with Gasteiger partial charge in [0.15, 0.2) is 0 Å². The van der Waals surface area contributed by atoms with Crippen LogP contribution >= 0.6 is 0 Å². The van der Waals surface area contributed by atoms with Crippen LogP contribution in [-0.2, 0) is 21.9 Å². The summed E-state index contributed by atoms with van der Waals surface area (Å²) in [5.41, 5.74) is 0. The summed E-state index contributed by atoms with van der Waals surface area (Å²) >= 11 is 0. The van der Waals surface area contributed by atoms with Gasteiger partial charge in [0.25, 0.3) is 0 Å². The second-order valence-electron chi connectivity index (χ2n) is 1.75. The summed E-state index contributed by atoms with van der Waals surface area (Å²) in [4.78, 5) is 10.4. The third-order valence-electron chi connectivity index (χ3n) is 1.10. The average molecular weight is 160 g/mol. The number of hydrogen-bond donors (Lipinski definition) is 0. The molecule has 1 rings (SSSR count). The summed E-state index contributed by atoms with van der Waals surface area (Å²) in [6.07, 6.45) is 6.38. The molecule has 49 valence electrons. The molecule has 0 aromatic carbocycles. The van der Waals surface area contributed by atoms with E-state index in [1.165, 1.54) is 0 Å². The maximum Gasteiger partial charge on any atom is 0.136 e. The molecule has 0 fully saturated rings. The van der Waals surface area contributed by atoms with Crippen molar-refractivity contribution in [1.29, 1.82) is 0 Å². The average Bonchev–Trinajstić information content (AvgIpc) is 1.69. The van der Waals surface area contributed by atoms with Crippen molar-refractivity contribution in [1.82, 2.24) is 0 Å². The minimum atomic E-state index is 0. The van der Waals surface area contributed by atoms with Gasteiger partial charge in [-0.05, 0) is 6.42 Å². The third kappa shape index (κ3) is 2.29. The second kappa shape index (κ2) is 3.87. The molecule has 0 heterocycles. The summed E-state index contributed by atoms with van der Waals surface area (Å²) in [5.74, 6) is 0.377. The molecule has 0 spiro atoms. The Kier molecular flexibility index (Phi) is 3.84. The van der Waals surface area contributed by atoms with Gasteiger partial charge in [0, 0.05) is 29.9 Å². The van der Waals surface area contributed by atoms with Crippen LogP contribution in [0, 0.1) is 0 Å². The summed E-state index contributed by atoms with van der Waals surface area (Å²) in [5, 5.41) is 0. The van der Waals surface area contributed by atoms with E-state index in [1.54, 1.807) is 0 Å². The van der Waals surface area contributed by atoms with Crippen LogP contribution in [0.4, 0.5) is 0 Å². The standard InChI is InChI=1S/C6H8O.Cu/c7-6-4-2-1-3-5-6;/h1-2H,3-5H2;. The predicted octanol–water partition coefficient (Wildman–Crippen LogP) is 1.29. The second-order valence-corrected chi connectivity index (χ2v) is 1.75. The minimum absolute atomic E-state index is 0. The summed E-state index contributed by atoms with van der Waals surface area (Å²) in [6.45, 7) is 0. The molecule has 0 saturated carbocycles. The molecule has 8 heavy (non-hydrogen) atoms. The molecule has 0 N–H and O–H groups in total. The van der Waals surface area contributed by atoms with Crippen molar-refractivity contribution in [3.05, 3.63) is 12.2 Å². The van der Waals surface area contributed by atoms with Crippen LogP contribution in [0.25, 0.3) is 0 Å². The first-order valence-corrected chi connectivity index (χ1v) is 2.56. The Balaban J connectivity index is 0.000000490. The fraction of sp³-hybridized carbons (Fsp3) is 0.500. The fourth-order valence-corrected chi connectivity index (χ4v) is 0.679. The zero-order valence-corrected chi connectivity index (χ0v) is 5.43. The predicted molar refractivity (Wildman–Crippen MR) is 28.0 cm³/mol. The van der Waals surface area contributed by atoms with E-state index in [1.807, 2.05) is 6.08 Å². The van der Waals surface area contributed by atoms with Gasteiger partial charge in [-0.25, -0.2) is 0 Å². The summed E-state index contributed by atoms with van der Waals surface area (Å²) in [7, 11) is 0. The third-order valence-corrected chi connectivity index (χ3v) is 1.10. The minimum Gasteiger partial charge on any atom is -0.299 e. The molecule has 0 saturated heterocycles. The topological polar surface area (TPSA) is 17.1 Å². The van der Waals surface area contributed by atoms with Crippen LogP contribution in [0.1, 0.15) is 19.3 Å². The molecular weight excluding hydrogens is 152 g/mol. The van der Waals surface area contributed by atoms with Crippen molar-refractivity contribution in [3.8, 4) is 0 Å². The molecule has 1 radical (unpaired) electrons. The van der Waals surface area contributed by atoms with E-state index in [-0.39, 0.29) is 17.1 Å². The molecule has 1 aliphatic rings. The van der Waals surface area contributed by atoms with E-state index in [0.717, 1.165) is 12.8 Å². The van der Waals surface area contributed by atoms with Crippen LogP contribution in [0.5, 0.6) is 0 Å². The molecule has 2 heteroatoms. The van der Waals surface area contributed by atoms with Crippen LogP contribution < -0.4 is 0 Å². The van der Waals surface area contributed by atoms with Crippen LogP contribution in [0.2, 0.25) is 0 Å². The fourth-order valence-electron chi connectivity index (χ4n) is 0.679. The number of ketones is 1. The van der Waals surface area contributed by atoms with Crippen molar-refractivity contribution >= 4 is 5.78 Å². The Morgan fingerprint density at radius 1 is 1.38 bits per heavy atom. The van der Waals surface area contributed by atoms with Gasteiger partial charge in [0.2, 0.25) is 0 Å². The zero-order valence-electron chi connectivity index (χ0n) is 4.49. The molecule has 0 bridgehead atoms. The van der Waals surface area contributed by atoms with Gasteiger partial charge in [-0.1, -0.05) is 12.2 Å². The quantitative estimate of drug-likeness (QED) is 0.385. The smallest absolute Gasteiger partial charge is 0.136 e. The molecule has 0 aromatic rings. The summed E-state index contributed by atoms with van der Waals surface area (Å²) < 4.78 is 0. The van der Waals surface area contributed by atoms with E-state index in [4.69, 9.17) is 0 Å². The van der Waals surface area contributed by atoms with E-state index >= 15 is 0 Å². The van der Waals surface area contributed by atoms with Gasteiger partial charge in [-0.15, -0.1) is 0 Å². The Bertz CT molecular complexity index is 107. The van der Waals surface area contributed by atoms with E-state index < -0.39 is 0 Å². The van der Waals surface area contributed by atoms with E-state index in [2.05, 4.69) is 6.08 Å². The number of hydrogen-bond acceptors (Lipinski definition) is 1. The number of rotatable bonds is 0. The van der Waals surface area contributed by atoms with Gasteiger partial charge in [-0.2, -0.15) is 0 Å². The zero-order chi connectivity index (χ0) is 5.11. The van der Waals surface area contributed by atoms with E-state index in [0.29, 0.717) is 12.2 Å². The molecule has 1 nitrogen and oxygen atoms in total. The number of Topliss-reactive ketones (excluding diaryl/α,β-unsaturated/α-hetero) is 1. The van der Waals surface area contributed by atoms with Crippen LogP contribution in [0.3, 0.4) is 0 Å². The molecule has 1 aliphatic carbocycles. The van der Waals surface area contributed by atoms with Gasteiger partial charge in [0.1, 0.15) is 5.78 Å². The van der Waals surface area contributed by atoms with Crippen LogP contribution in [-0.4, -0.2) is 5.78 Å². The van der Waals surface area contributed by atoms with Crippen molar-refractivity contribution in [2.75, 3.05) is 0 Å². The molecule has 0 aromatic heterocycles. The van der Waals surface area contributed by atoms with E-state index in [9.17, 15) is 4.79 Å². The van der Waals surface area contributed by atoms with Crippen LogP contribution in [0.15, 0.2) is 12.2 Å². The maximum absolute atomic E-state index is 10.4. The van der Waals surface area contributed by atoms with Crippen molar-refractivity contribution in [2.24, 2.45) is 0 Å². The first-order valence-electron chi connectivity index (χ1n) is 2.56. The SMILES string of the molecule is O=C1CC=CCC1.[Cu]. The monoisotopic (exact) mass is 159 g/mol. The Labute approximate surface area is 59.6 Å². The Morgan fingerprint density at radius 2 is 2.12 bits per heavy atom. The number of carbonyl (C=O) groups excluding carboxylic acids is 1. The first kappa shape index (κ1) is 7.93. The Hall–Kier alpha value is -0.0705. The normalized spacial score (nSPS) is 17.8. The van der Waals surface area contributed by atoms with Gasteiger partial charge < -0.3 is 0 Å². The molecule has 0 aliphatic heterocycles. The van der Waals surface area contributed by atoms with Gasteiger partial charge >= 0.3 is 0 Å². The maximum atomic E-state index is 10.4. The largest absolute Gasteiger partial charge is 0.299 e. The number of carbonyl (C=O) groups is 1. The summed E-state index contributed by atoms with van der Waals surface area (Å²) in [6, 6.07) is 0. The Morgan fingerprint density at radius 3 is 2.38 bits per heavy atom. The first-order chi connectivity index (χ1) is 3.39. The van der Waals surface area contributed by atoms with Gasteiger partial charge in [0.05, 0.1) is 0 Å². The molecule has 0 atom stereocenters. The molecule has 0 amide bonds. The van der Waals surface area contributed by atoms with Crippen molar-refractivity contribution in [2.45, 2.75) is 19.3 Å². The van der Waals surface area contributed by atoms with Crippen molar-refractivity contribution < 1.29 is 21.9 Å². The van der Waals surface area contributed by atoms with Crippen molar-refractivity contribution in [3.63, 3.8) is 0 Å². The van der Waals surface area contributed by atoms with Gasteiger partial charge in [-0.3, -0.25) is 4.79 Å². The molecule has 0 unspecified atom stereocenters.